The zero-order chi connectivity index (χ0) is 21.1. The molecule has 158 valence electrons. The summed E-state index contributed by atoms with van der Waals surface area (Å²) in [5.41, 5.74) is 6.49. The molecule has 0 radical (unpaired) electrons. The first-order chi connectivity index (χ1) is 13.8. The van der Waals surface area contributed by atoms with Crippen molar-refractivity contribution in [3.8, 4) is 0 Å². The van der Waals surface area contributed by atoms with E-state index >= 15 is 0 Å². The average Bonchev–Trinajstić information content (AvgIpc) is 2.95. The number of amides is 2. The highest BCUT2D eigenvalue weighted by Crippen LogP contribution is 2.13. The first kappa shape index (κ1) is 21.0. The largest absolute Gasteiger partial charge is 0.379 e. The number of aromatic nitrogens is 3. The van der Waals surface area contributed by atoms with E-state index in [1.54, 1.807) is 26.0 Å². The molecule has 2 amide bonds. The van der Waals surface area contributed by atoms with Gasteiger partial charge in [0.2, 0.25) is 5.91 Å². The van der Waals surface area contributed by atoms with E-state index in [0.717, 1.165) is 23.4 Å². The highest BCUT2D eigenvalue weighted by atomic mass is 16.5. The highest BCUT2D eigenvalue weighted by Gasteiger charge is 2.26. The molecule has 10 nitrogen and oxygen atoms in total. The van der Waals surface area contributed by atoms with Crippen molar-refractivity contribution < 1.29 is 14.3 Å². The molecule has 1 atom stereocenters. The molecule has 3 heterocycles. The van der Waals surface area contributed by atoms with E-state index in [9.17, 15) is 14.4 Å². The van der Waals surface area contributed by atoms with Gasteiger partial charge in [-0.05, 0) is 25.0 Å². The van der Waals surface area contributed by atoms with Gasteiger partial charge in [-0.25, -0.2) is 19.1 Å². The molecule has 0 bridgehead atoms. The Morgan fingerprint density at radius 2 is 1.93 bits per heavy atom. The summed E-state index contributed by atoms with van der Waals surface area (Å²) in [4.78, 5) is 44.3. The second kappa shape index (κ2) is 8.75. The van der Waals surface area contributed by atoms with Gasteiger partial charge in [0.05, 0.1) is 18.7 Å². The molecule has 1 fully saturated rings. The Morgan fingerprint density at radius 3 is 2.55 bits per heavy atom. The number of imidazole rings is 1. The normalized spacial score (nSPS) is 16.3. The third kappa shape index (κ3) is 4.48. The molecule has 10 heteroatoms. The number of ether oxygens (including phenoxy) is 1. The average molecular weight is 404 g/mol. The van der Waals surface area contributed by atoms with Crippen LogP contribution in [0.3, 0.4) is 0 Å². The number of fused-ring (bicyclic) bond motifs is 1. The summed E-state index contributed by atoms with van der Waals surface area (Å²) in [6.45, 7) is 9.36. The number of carbonyl (C=O) groups is 2. The van der Waals surface area contributed by atoms with Crippen molar-refractivity contribution in [3.05, 3.63) is 28.3 Å². The number of hydrogen-bond donors (Lipinski definition) is 2. The maximum Gasteiger partial charge on any atom is 0.338 e. The third-order valence-electron chi connectivity index (χ3n) is 5.11. The number of nitrogens with zero attached hydrogens (tertiary/aromatic N) is 4. The fourth-order valence-corrected chi connectivity index (χ4v) is 3.45. The topological polar surface area (TPSA) is 124 Å². The maximum absolute atomic E-state index is 13.1. The van der Waals surface area contributed by atoms with Crippen LogP contribution in [0.1, 0.15) is 19.5 Å². The predicted molar refractivity (Wildman–Crippen MR) is 108 cm³/mol. The minimum Gasteiger partial charge on any atom is -0.379 e. The summed E-state index contributed by atoms with van der Waals surface area (Å²) in [6, 6.07) is 1.87. The molecule has 0 saturated carbocycles. The number of hydrogen-bond acceptors (Lipinski definition) is 6. The molecule has 1 aliphatic heterocycles. The van der Waals surface area contributed by atoms with Crippen LogP contribution < -0.4 is 16.7 Å². The van der Waals surface area contributed by atoms with Gasteiger partial charge in [-0.3, -0.25) is 14.3 Å². The fraction of sp³-hybridized carbons (Fsp3) is 0.579. The SMILES string of the molecule is Cc1ccc2c(n1)n(CCN1CCOCC1)c(=O)n2C(=O)N[C@H](C(N)=O)C(C)C. The van der Waals surface area contributed by atoms with Crippen LogP contribution >= 0.6 is 0 Å². The van der Waals surface area contributed by atoms with Crippen molar-refractivity contribution >= 4 is 23.1 Å². The van der Waals surface area contributed by atoms with E-state index in [0.29, 0.717) is 37.5 Å². The Kier molecular flexibility index (Phi) is 6.33. The lowest BCUT2D eigenvalue weighted by molar-refractivity contribution is -0.120. The zero-order valence-electron chi connectivity index (χ0n) is 17.1. The summed E-state index contributed by atoms with van der Waals surface area (Å²) in [7, 11) is 0. The van der Waals surface area contributed by atoms with Crippen molar-refractivity contribution in [2.45, 2.75) is 33.4 Å². The highest BCUT2D eigenvalue weighted by molar-refractivity contribution is 5.91. The van der Waals surface area contributed by atoms with E-state index in [-0.39, 0.29) is 5.92 Å². The molecule has 0 aliphatic carbocycles. The molecular formula is C19H28N6O4. The summed E-state index contributed by atoms with van der Waals surface area (Å²) >= 11 is 0. The van der Waals surface area contributed by atoms with E-state index in [1.165, 1.54) is 4.57 Å². The van der Waals surface area contributed by atoms with Crippen LogP contribution in [0, 0.1) is 12.8 Å². The zero-order valence-corrected chi connectivity index (χ0v) is 17.1. The van der Waals surface area contributed by atoms with Gasteiger partial charge in [-0.1, -0.05) is 13.8 Å². The number of pyridine rings is 1. The van der Waals surface area contributed by atoms with Gasteiger partial charge in [-0.15, -0.1) is 0 Å². The number of aryl methyl sites for hydroxylation is 1. The van der Waals surface area contributed by atoms with Gasteiger partial charge in [0.15, 0.2) is 5.65 Å². The Balaban J connectivity index is 1.95. The number of nitrogens with one attached hydrogen (secondary N) is 1. The van der Waals surface area contributed by atoms with Gasteiger partial charge in [0.25, 0.3) is 0 Å². The van der Waals surface area contributed by atoms with Crippen LogP contribution in [-0.4, -0.2) is 69.8 Å². The molecule has 3 rings (SSSR count). The Morgan fingerprint density at radius 1 is 1.24 bits per heavy atom. The first-order valence-electron chi connectivity index (χ1n) is 9.78. The van der Waals surface area contributed by atoms with Crippen molar-refractivity contribution in [2.24, 2.45) is 11.7 Å². The van der Waals surface area contributed by atoms with E-state index in [1.807, 2.05) is 6.92 Å². The van der Waals surface area contributed by atoms with Gasteiger partial charge in [-0.2, -0.15) is 0 Å². The van der Waals surface area contributed by atoms with Crippen LogP contribution in [0.15, 0.2) is 16.9 Å². The second-order valence-electron chi connectivity index (χ2n) is 7.59. The lowest BCUT2D eigenvalue weighted by Gasteiger charge is -2.26. The monoisotopic (exact) mass is 404 g/mol. The second-order valence-corrected chi connectivity index (χ2v) is 7.59. The predicted octanol–water partition coefficient (Wildman–Crippen LogP) is -0.0938. The third-order valence-corrected chi connectivity index (χ3v) is 5.11. The molecule has 1 saturated heterocycles. The van der Waals surface area contributed by atoms with Crippen molar-refractivity contribution in [1.82, 2.24) is 24.3 Å². The summed E-state index contributed by atoms with van der Waals surface area (Å²) in [5, 5.41) is 2.58. The van der Waals surface area contributed by atoms with Crippen LogP contribution in [0.4, 0.5) is 4.79 Å². The Bertz CT molecular complexity index is 957. The van der Waals surface area contributed by atoms with Crippen LogP contribution in [-0.2, 0) is 16.1 Å². The molecule has 3 N–H and O–H groups in total. The summed E-state index contributed by atoms with van der Waals surface area (Å²) in [6.07, 6.45) is 0. The molecule has 29 heavy (non-hydrogen) atoms. The number of primary amides is 1. The minimum absolute atomic E-state index is 0.206. The van der Waals surface area contributed by atoms with Crippen molar-refractivity contribution in [2.75, 3.05) is 32.8 Å². The van der Waals surface area contributed by atoms with E-state index in [2.05, 4.69) is 15.2 Å². The molecule has 2 aromatic heterocycles. The Hall–Kier alpha value is -2.72. The van der Waals surface area contributed by atoms with Crippen LogP contribution in [0.2, 0.25) is 0 Å². The van der Waals surface area contributed by atoms with E-state index < -0.39 is 23.7 Å². The molecular weight excluding hydrogens is 376 g/mol. The summed E-state index contributed by atoms with van der Waals surface area (Å²) in [5.74, 6) is -0.853. The number of carbonyl (C=O) groups excluding carboxylic acids is 2. The number of rotatable bonds is 6. The van der Waals surface area contributed by atoms with Gasteiger partial charge >= 0.3 is 11.7 Å². The molecule has 1 aliphatic rings. The minimum atomic E-state index is -0.875. The maximum atomic E-state index is 13.1. The van der Waals surface area contributed by atoms with Gasteiger partial charge < -0.3 is 15.8 Å². The van der Waals surface area contributed by atoms with Gasteiger partial charge in [0, 0.05) is 31.9 Å². The van der Waals surface area contributed by atoms with Crippen molar-refractivity contribution in [3.63, 3.8) is 0 Å². The smallest absolute Gasteiger partial charge is 0.338 e. The van der Waals surface area contributed by atoms with Crippen molar-refractivity contribution in [1.29, 1.82) is 0 Å². The number of morpholine rings is 1. The molecule has 0 unspecified atom stereocenters. The van der Waals surface area contributed by atoms with Crippen LogP contribution in [0.25, 0.3) is 11.2 Å². The van der Waals surface area contributed by atoms with Gasteiger partial charge in [0.1, 0.15) is 6.04 Å². The fourth-order valence-electron chi connectivity index (χ4n) is 3.45. The molecule has 2 aromatic rings. The lowest BCUT2D eigenvalue weighted by atomic mass is 10.0. The first-order valence-corrected chi connectivity index (χ1v) is 9.78. The lowest BCUT2D eigenvalue weighted by Crippen LogP contribution is -2.50. The van der Waals surface area contributed by atoms with E-state index in [4.69, 9.17) is 10.5 Å². The standard InChI is InChI=1S/C19H28N6O4/c1-12(2)15(16(20)26)22-18(27)25-14-5-4-13(3)21-17(14)24(19(25)28)7-6-23-8-10-29-11-9-23/h4-5,12,15H,6-11H2,1-3H3,(H2,20,26)(H,22,27)/t15-/m0/s1. The number of nitrogens with two attached hydrogens (primary N) is 1. The molecule has 0 spiro atoms. The quantitative estimate of drug-likeness (QED) is 0.693. The molecule has 0 aromatic carbocycles. The Labute approximate surface area is 168 Å². The summed E-state index contributed by atoms with van der Waals surface area (Å²) < 4.78 is 7.89. The van der Waals surface area contributed by atoms with Crippen LogP contribution in [0.5, 0.6) is 0 Å².